The van der Waals surface area contributed by atoms with Crippen LogP contribution in [0.5, 0.6) is 5.75 Å². The zero-order valence-corrected chi connectivity index (χ0v) is 11.5. The fraction of sp³-hybridized carbons (Fsp3) is 0.455. The van der Waals surface area contributed by atoms with Gasteiger partial charge in [-0.05, 0) is 18.4 Å². The van der Waals surface area contributed by atoms with Gasteiger partial charge in [-0.15, -0.1) is 0 Å². The summed E-state index contributed by atoms with van der Waals surface area (Å²) < 4.78 is 6.36. The molecular weight excluding hydrogens is 274 g/mol. The van der Waals surface area contributed by atoms with E-state index in [1.54, 1.807) is 7.11 Å². The predicted molar refractivity (Wildman–Crippen MR) is 70.8 cm³/mol. The Balaban J connectivity index is 2.52. The van der Waals surface area contributed by atoms with Crippen LogP contribution in [0.1, 0.15) is 5.56 Å². The Morgan fingerprint density at radius 3 is 2.93 bits per heavy atom. The lowest BCUT2D eigenvalue weighted by molar-refractivity contribution is 0.407. The minimum atomic E-state index is 0.858. The summed E-state index contributed by atoms with van der Waals surface area (Å²) in [4.78, 5) is 0. The molecule has 1 aromatic carbocycles. The summed E-state index contributed by atoms with van der Waals surface area (Å²) in [5.41, 5.74) is 1.20. The summed E-state index contributed by atoms with van der Waals surface area (Å²) in [5.74, 6) is 2.07. The van der Waals surface area contributed by atoms with E-state index in [0.29, 0.717) is 0 Å². The van der Waals surface area contributed by atoms with Crippen molar-refractivity contribution in [2.75, 3.05) is 25.7 Å². The normalized spacial score (nSPS) is 10.3. The van der Waals surface area contributed by atoms with Gasteiger partial charge in [0.2, 0.25) is 0 Å². The van der Waals surface area contributed by atoms with Gasteiger partial charge in [-0.1, -0.05) is 22.0 Å². The maximum absolute atomic E-state index is 5.31. The first kappa shape index (κ1) is 12.9. The molecule has 4 heteroatoms. The monoisotopic (exact) mass is 289 g/mol. The molecule has 1 N–H and O–H groups in total. The lowest BCUT2D eigenvalue weighted by Gasteiger charge is -2.09. The Morgan fingerprint density at radius 2 is 2.27 bits per heavy atom. The number of benzene rings is 1. The molecule has 0 spiro atoms. The molecule has 0 heterocycles. The first-order chi connectivity index (χ1) is 7.27. The van der Waals surface area contributed by atoms with Crippen LogP contribution in [0.25, 0.3) is 0 Å². The molecule has 0 aliphatic rings. The molecule has 15 heavy (non-hydrogen) atoms. The molecule has 0 radical (unpaired) electrons. The van der Waals surface area contributed by atoms with Crippen LogP contribution in [0.4, 0.5) is 0 Å². The number of hydrogen-bond donors (Lipinski definition) is 1. The first-order valence-electron chi connectivity index (χ1n) is 4.80. The Hall–Kier alpha value is -0.190. The van der Waals surface area contributed by atoms with E-state index < -0.39 is 0 Å². The van der Waals surface area contributed by atoms with Crippen molar-refractivity contribution in [2.45, 2.75) is 6.54 Å². The lowest BCUT2D eigenvalue weighted by atomic mass is 10.2. The Morgan fingerprint density at radius 1 is 1.47 bits per heavy atom. The average molecular weight is 290 g/mol. The van der Waals surface area contributed by atoms with Gasteiger partial charge in [0, 0.05) is 28.9 Å². The van der Waals surface area contributed by atoms with Crippen molar-refractivity contribution >= 4 is 27.7 Å². The van der Waals surface area contributed by atoms with Gasteiger partial charge in [0.25, 0.3) is 0 Å². The van der Waals surface area contributed by atoms with Crippen molar-refractivity contribution in [3.8, 4) is 5.75 Å². The Kier molecular flexibility index (Phi) is 6.13. The number of hydrogen-bond acceptors (Lipinski definition) is 3. The third-order valence-corrected chi connectivity index (χ3v) is 3.15. The van der Waals surface area contributed by atoms with Crippen molar-refractivity contribution in [1.29, 1.82) is 0 Å². The van der Waals surface area contributed by atoms with Gasteiger partial charge in [0.05, 0.1) is 7.11 Å². The van der Waals surface area contributed by atoms with Crippen LogP contribution in [-0.4, -0.2) is 25.7 Å². The van der Waals surface area contributed by atoms with Crippen molar-refractivity contribution in [1.82, 2.24) is 5.32 Å². The number of rotatable bonds is 6. The molecule has 0 aliphatic carbocycles. The summed E-state index contributed by atoms with van der Waals surface area (Å²) >= 11 is 5.27. The zero-order valence-electron chi connectivity index (χ0n) is 9.05. The summed E-state index contributed by atoms with van der Waals surface area (Å²) in [6, 6.07) is 6.11. The highest BCUT2D eigenvalue weighted by atomic mass is 79.9. The number of halogens is 1. The molecule has 0 aliphatic heterocycles. The predicted octanol–water partition coefficient (Wildman–Crippen LogP) is 2.91. The van der Waals surface area contributed by atoms with Crippen molar-refractivity contribution in [2.24, 2.45) is 0 Å². The minimum absolute atomic E-state index is 0.858. The second-order valence-electron chi connectivity index (χ2n) is 3.13. The first-order valence-corrected chi connectivity index (χ1v) is 6.98. The smallest absolute Gasteiger partial charge is 0.124 e. The summed E-state index contributed by atoms with van der Waals surface area (Å²) in [7, 11) is 1.70. The Labute approximate surface area is 104 Å². The van der Waals surface area contributed by atoms with Crippen molar-refractivity contribution < 1.29 is 4.74 Å². The van der Waals surface area contributed by atoms with Crippen molar-refractivity contribution in [3.05, 3.63) is 28.2 Å². The summed E-state index contributed by atoms with van der Waals surface area (Å²) in [6.45, 7) is 1.89. The molecule has 0 aromatic heterocycles. The van der Waals surface area contributed by atoms with Crippen LogP contribution in [0, 0.1) is 0 Å². The Bertz CT molecular complexity index is 307. The lowest BCUT2D eigenvalue weighted by Crippen LogP contribution is -2.16. The number of thioether (sulfide) groups is 1. The highest BCUT2D eigenvalue weighted by Gasteiger charge is 2.02. The summed E-state index contributed by atoms with van der Waals surface area (Å²) in [5, 5.41) is 3.38. The standard InChI is InChI=1S/C11H16BrNOS/c1-14-11-7-10(12)4-3-9(11)8-13-5-6-15-2/h3-4,7,13H,5-6,8H2,1-2H3. The van der Waals surface area contributed by atoms with E-state index in [1.165, 1.54) is 5.56 Å². The zero-order chi connectivity index (χ0) is 11.1. The van der Waals surface area contributed by atoms with Gasteiger partial charge >= 0.3 is 0 Å². The van der Waals surface area contributed by atoms with Gasteiger partial charge in [-0.2, -0.15) is 11.8 Å². The van der Waals surface area contributed by atoms with Crippen LogP contribution in [0.2, 0.25) is 0 Å². The van der Waals surface area contributed by atoms with Crippen LogP contribution in [0.15, 0.2) is 22.7 Å². The molecule has 0 fully saturated rings. The number of nitrogens with one attached hydrogen (secondary N) is 1. The topological polar surface area (TPSA) is 21.3 Å². The van der Waals surface area contributed by atoms with E-state index in [4.69, 9.17) is 4.74 Å². The highest BCUT2D eigenvalue weighted by Crippen LogP contribution is 2.23. The highest BCUT2D eigenvalue weighted by molar-refractivity contribution is 9.10. The van der Waals surface area contributed by atoms with E-state index in [-0.39, 0.29) is 0 Å². The van der Waals surface area contributed by atoms with Crippen molar-refractivity contribution in [3.63, 3.8) is 0 Å². The van der Waals surface area contributed by atoms with Gasteiger partial charge in [0.15, 0.2) is 0 Å². The van der Waals surface area contributed by atoms with Crippen LogP contribution in [-0.2, 0) is 6.54 Å². The SMILES string of the molecule is COc1cc(Br)ccc1CNCCSC. The second-order valence-corrected chi connectivity index (χ2v) is 5.03. The quantitative estimate of drug-likeness (QED) is 0.814. The molecule has 0 amide bonds. The molecule has 84 valence electrons. The summed E-state index contributed by atoms with van der Waals surface area (Å²) in [6.07, 6.45) is 2.11. The fourth-order valence-electron chi connectivity index (χ4n) is 1.26. The maximum atomic E-state index is 5.31. The van der Waals surface area contributed by atoms with E-state index >= 15 is 0 Å². The third-order valence-electron chi connectivity index (χ3n) is 2.05. The molecule has 0 unspecified atom stereocenters. The van der Waals surface area contributed by atoms with Crippen LogP contribution in [0.3, 0.4) is 0 Å². The average Bonchev–Trinajstić information content (AvgIpc) is 2.26. The molecule has 1 rings (SSSR count). The number of ether oxygens (including phenoxy) is 1. The van der Waals surface area contributed by atoms with Crippen LogP contribution < -0.4 is 10.1 Å². The van der Waals surface area contributed by atoms with Crippen LogP contribution >= 0.6 is 27.7 Å². The molecule has 0 saturated heterocycles. The van der Waals surface area contributed by atoms with Gasteiger partial charge in [-0.25, -0.2) is 0 Å². The maximum Gasteiger partial charge on any atom is 0.124 e. The van der Waals surface area contributed by atoms with Gasteiger partial charge in [-0.3, -0.25) is 0 Å². The van der Waals surface area contributed by atoms with Gasteiger partial charge < -0.3 is 10.1 Å². The largest absolute Gasteiger partial charge is 0.496 e. The minimum Gasteiger partial charge on any atom is -0.496 e. The fourth-order valence-corrected chi connectivity index (χ4v) is 1.95. The molecule has 2 nitrogen and oxygen atoms in total. The molecule has 1 aromatic rings. The second kappa shape index (κ2) is 7.14. The van der Waals surface area contributed by atoms with Gasteiger partial charge in [0.1, 0.15) is 5.75 Å². The van der Waals surface area contributed by atoms with E-state index in [9.17, 15) is 0 Å². The van der Waals surface area contributed by atoms with E-state index in [2.05, 4.69) is 33.6 Å². The molecule has 0 bridgehead atoms. The molecule has 0 saturated carbocycles. The molecular formula is C11H16BrNOS. The number of methoxy groups -OCH3 is 1. The van der Waals surface area contributed by atoms with E-state index in [1.807, 2.05) is 23.9 Å². The van der Waals surface area contributed by atoms with E-state index in [0.717, 1.165) is 29.1 Å². The molecule has 0 atom stereocenters. The third kappa shape index (κ3) is 4.45.